The zero-order valence-corrected chi connectivity index (χ0v) is 21.7. The molecule has 40 heavy (non-hydrogen) atoms. The van der Waals surface area contributed by atoms with Gasteiger partial charge in [0.15, 0.2) is 5.65 Å². The Balaban J connectivity index is 1.43. The fraction of sp³-hybridized carbons (Fsp3) is 0.133. The molecule has 1 aliphatic rings. The number of nitrogens with zero attached hydrogens (tertiary/aromatic N) is 5. The molecule has 2 aromatic carbocycles. The number of amides is 2. The number of nitrogens with one attached hydrogen (secondary N) is 2. The standard InChI is InChI=1S/C30H24FN7O2/c1-17(2)22-13-12-19(16-33-22)25-23(28-32-14-7-15-38(28)37-25)29(39)36-27-30(40)35-26-20(10-6-11-21(26)31)24(34-27)18-8-4-3-5-9-18/h3-17,27H,1-2H3,(H,35,40)(H,36,39)/t27-/m1/s1. The zero-order chi connectivity index (χ0) is 27.8. The zero-order valence-electron chi connectivity index (χ0n) is 21.7. The van der Waals surface area contributed by atoms with E-state index in [4.69, 9.17) is 0 Å². The number of halogens is 1. The van der Waals surface area contributed by atoms with Gasteiger partial charge in [-0.1, -0.05) is 56.3 Å². The monoisotopic (exact) mass is 533 g/mol. The lowest BCUT2D eigenvalue weighted by molar-refractivity contribution is -0.117. The third kappa shape index (κ3) is 4.49. The summed E-state index contributed by atoms with van der Waals surface area (Å²) < 4.78 is 16.3. The number of aliphatic imine (C=N–C) groups is 1. The lowest BCUT2D eigenvalue weighted by Gasteiger charge is -2.14. The predicted octanol–water partition coefficient (Wildman–Crippen LogP) is 4.60. The molecular weight excluding hydrogens is 509 g/mol. The number of benzene rings is 2. The Hall–Kier alpha value is -5.25. The van der Waals surface area contributed by atoms with Crippen LogP contribution < -0.4 is 10.6 Å². The number of rotatable bonds is 5. The molecule has 6 rings (SSSR count). The average Bonchev–Trinajstić information content (AvgIpc) is 3.30. The second-order valence-electron chi connectivity index (χ2n) is 9.61. The topological polar surface area (TPSA) is 114 Å². The molecule has 1 atom stereocenters. The van der Waals surface area contributed by atoms with Crippen LogP contribution in [0.25, 0.3) is 16.9 Å². The summed E-state index contributed by atoms with van der Waals surface area (Å²) in [5, 5.41) is 9.91. The van der Waals surface area contributed by atoms with Crippen LogP contribution in [0.15, 0.2) is 90.3 Å². The number of carbonyl (C=O) groups excluding carboxylic acids is 2. The van der Waals surface area contributed by atoms with E-state index < -0.39 is 23.8 Å². The first-order valence-electron chi connectivity index (χ1n) is 12.7. The molecular formula is C30H24FN7O2. The molecule has 0 fully saturated rings. The van der Waals surface area contributed by atoms with Crippen LogP contribution >= 0.6 is 0 Å². The molecule has 2 amide bonds. The van der Waals surface area contributed by atoms with E-state index in [9.17, 15) is 14.0 Å². The quantitative estimate of drug-likeness (QED) is 0.343. The summed E-state index contributed by atoms with van der Waals surface area (Å²) in [4.78, 5) is 40.6. The maximum atomic E-state index is 14.8. The minimum absolute atomic E-state index is 0.00140. The van der Waals surface area contributed by atoms with Crippen molar-refractivity contribution in [3.05, 3.63) is 114 Å². The fourth-order valence-electron chi connectivity index (χ4n) is 4.60. The summed E-state index contributed by atoms with van der Waals surface area (Å²) >= 11 is 0. The largest absolute Gasteiger partial charge is 0.322 e. The van der Waals surface area contributed by atoms with Crippen LogP contribution in [0.2, 0.25) is 0 Å². The lowest BCUT2D eigenvalue weighted by Crippen LogP contribution is -2.42. The van der Waals surface area contributed by atoms with Crippen molar-refractivity contribution in [3.63, 3.8) is 0 Å². The van der Waals surface area contributed by atoms with E-state index in [1.807, 2.05) is 56.3 Å². The van der Waals surface area contributed by atoms with E-state index in [2.05, 4.69) is 30.7 Å². The number of carbonyl (C=O) groups is 2. The average molecular weight is 534 g/mol. The second-order valence-corrected chi connectivity index (χ2v) is 9.61. The molecule has 0 spiro atoms. The number of fused-ring (bicyclic) bond motifs is 2. The van der Waals surface area contributed by atoms with Gasteiger partial charge in [0.1, 0.15) is 17.1 Å². The van der Waals surface area contributed by atoms with Crippen molar-refractivity contribution in [1.29, 1.82) is 0 Å². The highest BCUT2D eigenvalue weighted by Crippen LogP contribution is 2.28. The Labute approximate surface area is 228 Å². The summed E-state index contributed by atoms with van der Waals surface area (Å²) in [6.45, 7) is 4.09. The molecule has 0 unspecified atom stereocenters. The maximum absolute atomic E-state index is 14.8. The summed E-state index contributed by atoms with van der Waals surface area (Å²) in [5.41, 5.74) is 3.79. The van der Waals surface area contributed by atoms with Gasteiger partial charge in [-0.05, 0) is 30.2 Å². The van der Waals surface area contributed by atoms with Gasteiger partial charge in [0.05, 0.1) is 11.4 Å². The van der Waals surface area contributed by atoms with Crippen molar-refractivity contribution in [2.24, 2.45) is 4.99 Å². The van der Waals surface area contributed by atoms with Gasteiger partial charge in [-0.2, -0.15) is 5.10 Å². The van der Waals surface area contributed by atoms with Crippen molar-refractivity contribution in [1.82, 2.24) is 24.9 Å². The summed E-state index contributed by atoms with van der Waals surface area (Å²) in [6, 6.07) is 19.0. The molecule has 0 saturated carbocycles. The fourth-order valence-corrected chi connectivity index (χ4v) is 4.60. The number of para-hydroxylation sites is 1. The van der Waals surface area contributed by atoms with Gasteiger partial charge >= 0.3 is 0 Å². The molecule has 2 N–H and O–H groups in total. The third-order valence-corrected chi connectivity index (χ3v) is 6.61. The summed E-state index contributed by atoms with van der Waals surface area (Å²) in [5.74, 6) is -1.66. The summed E-state index contributed by atoms with van der Waals surface area (Å²) in [6.07, 6.45) is 3.54. The van der Waals surface area contributed by atoms with Gasteiger partial charge in [-0.15, -0.1) is 0 Å². The van der Waals surface area contributed by atoms with Crippen LogP contribution in [0.4, 0.5) is 10.1 Å². The number of hydrogen-bond donors (Lipinski definition) is 2. The number of anilines is 1. The first-order valence-corrected chi connectivity index (χ1v) is 12.7. The van der Waals surface area contributed by atoms with Gasteiger partial charge < -0.3 is 10.6 Å². The molecule has 0 saturated heterocycles. The highest BCUT2D eigenvalue weighted by molar-refractivity contribution is 6.20. The first-order chi connectivity index (χ1) is 19.4. The van der Waals surface area contributed by atoms with E-state index >= 15 is 0 Å². The van der Waals surface area contributed by atoms with E-state index in [0.717, 1.165) is 5.69 Å². The maximum Gasteiger partial charge on any atom is 0.269 e. The van der Waals surface area contributed by atoms with Gasteiger partial charge in [0.2, 0.25) is 6.17 Å². The normalized spacial score (nSPS) is 14.8. The van der Waals surface area contributed by atoms with Crippen LogP contribution in [0, 0.1) is 5.82 Å². The number of pyridine rings is 1. The van der Waals surface area contributed by atoms with E-state index in [0.29, 0.717) is 33.7 Å². The minimum Gasteiger partial charge on any atom is -0.322 e. The van der Waals surface area contributed by atoms with Crippen molar-refractivity contribution in [2.75, 3.05) is 5.32 Å². The van der Waals surface area contributed by atoms with Crippen LogP contribution in [0.1, 0.15) is 46.9 Å². The van der Waals surface area contributed by atoms with E-state index in [1.165, 1.54) is 10.6 Å². The molecule has 10 heteroatoms. The first kappa shape index (κ1) is 25.1. The molecule has 4 heterocycles. The molecule has 198 valence electrons. The minimum atomic E-state index is -1.36. The Bertz CT molecular complexity index is 1780. The molecule has 5 aromatic rings. The number of hydrogen-bond acceptors (Lipinski definition) is 6. The predicted molar refractivity (Wildman–Crippen MR) is 149 cm³/mol. The van der Waals surface area contributed by atoms with Crippen molar-refractivity contribution < 1.29 is 14.0 Å². The van der Waals surface area contributed by atoms with E-state index in [-0.39, 0.29) is 17.2 Å². The van der Waals surface area contributed by atoms with Crippen LogP contribution in [-0.4, -0.2) is 43.3 Å². The van der Waals surface area contributed by atoms with Crippen LogP contribution in [0.3, 0.4) is 0 Å². The van der Waals surface area contributed by atoms with Gasteiger partial charge in [-0.25, -0.2) is 18.9 Å². The second kappa shape index (κ2) is 10.1. The highest BCUT2D eigenvalue weighted by Gasteiger charge is 2.31. The Morgan fingerprint density at radius 1 is 1.00 bits per heavy atom. The smallest absolute Gasteiger partial charge is 0.269 e. The Morgan fingerprint density at radius 3 is 2.58 bits per heavy atom. The van der Waals surface area contributed by atoms with Crippen molar-refractivity contribution in [2.45, 2.75) is 25.9 Å². The molecule has 0 bridgehead atoms. The lowest BCUT2D eigenvalue weighted by atomic mass is 10.0. The molecule has 9 nitrogen and oxygen atoms in total. The number of aromatic nitrogens is 4. The number of benzodiazepines with no additional fused rings is 1. The molecule has 3 aromatic heterocycles. The third-order valence-electron chi connectivity index (χ3n) is 6.61. The van der Waals surface area contributed by atoms with E-state index in [1.54, 1.807) is 36.8 Å². The van der Waals surface area contributed by atoms with Gasteiger partial charge in [-0.3, -0.25) is 14.6 Å². The molecule has 0 aliphatic carbocycles. The molecule has 0 radical (unpaired) electrons. The van der Waals surface area contributed by atoms with Crippen molar-refractivity contribution >= 4 is 28.9 Å². The Morgan fingerprint density at radius 2 is 1.82 bits per heavy atom. The van der Waals surface area contributed by atoms with Crippen LogP contribution in [-0.2, 0) is 4.79 Å². The summed E-state index contributed by atoms with van der Waals surface area (Å²) in [7, 11) is 0. The molecule has 1 aliphatic heterocycles. The van der Waals surface area contributed by atoms with Gasteiger partial charge in [0.25, 0.3) is 11.8 Å². The van der Waals surface area contributed by atoms with Crippen molar-refractivity contribution in [3.8, 4) is 11.3 Å². The SMILES string of the molecule is CC(C)c1ccc(-c2nn3cccnc3c2C(=O)N[C@H]2N=C(c3ccccc3)c3cccc(F)c3NC2=O)cn1. The van der Waals surface area contributed by atoms with Crippen LogP contribution in [0.5, 0.6) is 0 Å². The Kier molecular flexibility index (Phi) is 6.35. The van der Waals surface area contributed by atoms with Gasteiger partial charge in [0, 0.05) is 41.0 Å². The highest BCUT2D eigenvalue weighted by atomic mass is 19.1.